The molecule has 0 aromatic carbocycles. The second-order valence-electron chi connectivity index (χ2n) is 4.97. The van der Waals surface area contributed by atoms with E-state index in [4.69, 9.17) is 4.74 Å². The Morgan fingerprint density at radius 3 is 2.33 bits per heavy atom. The maximum absolute atomic E-state index is 5.35. The largest absolute Gasteiger partial charge is 0.379 e. The van der Waals surface area contributed by atoms with Crippen molar-refractivity contribution in [3.8, 4) is 0 Å². The fraction of sp³-hybridized carbons (Fsp3) is 1.00. The van der Waals surface area contributed by atoms with Crippen molar-refractivity contribution in [1.82, 2.24) is 10.2 Å². The summed E-state index contributed by atoms with van der Waals surface area (Å²) in [7, 11) is 6.01. The normalized spacial score (nSPS) is 12.4. The van der Waals surface area contributed by atoms with Crippen LogP contribution in [0.5, 0.6) is 0 Å². The first-order valence-electron chi connectivity index (χ1n) is 5.88. The molecule has 0 amide bonds. The maximum atomic E-state index is 5.35. The summed E-state index contributed by atoms with van der Waals surface area (Å²) in [5, 5.41) is 3.45. The summed E-state index contributed by atoms with van der Waals surface area (Å²) in [6.07, 6.45) is 3.59. The van der Waals surface area contributed by atoms with Crippen molar-refractivity contribution < 1.29 is 4.74 Å². The Morgan fingerprint density at radius 1 is 1.13 bits per heavy atom. The van der Waals surface area contributed by atoms with Crippen LogP contribution in [0.2, 0.25) is 0 Å². The number of ether oxygens (including phenoxy) is 1. The van der Waals surface area contributed by atoms with Crippen molar-refractivity contribution in [3.05, 3.63) is 0 Å². The Hall–Kier alpha value is -0.120. The zero-order valence-corrected chi connectivity index (χ0v) is 11.1. The van der Waals surface area contributed by atoms with E-state index in [9.17, 15) is 0 Å². The molecule has 0 aliphatic heterocycles. The Bertz CT molecular complexity index is 147. The van der Waals surface area contributed by atoms with Crippen LogP contribution in [0.3, 0.4) is 0 Å². The molecule has 0 aromatic heterocycles. The van der Waals surface area contributed by atoms with E-state index in [0.29, 0.717) is 0 Å². The zero-order chi connectivity index (χ0) is 11.7. The van der Waals surface area contributed by atoms with E-state index < -0.39 is 0 Å². The highest BCUT2D eigenvalue weighted by Gasteiger charge is 2.14. The van der Waals surface area contributed by atoms with Gasteiger partial charge in [-0.3, -0.25) is 0 Å². The summed E-state index contributed by atoms with van der Waals surface area (Å²) in [5.74, 6) is 0. The number of methoxy groups -OCH3 is 1. The minimum Gasteiger partial charge on any atom is -0.379 e. The van der Waals surface area contributed by atoms with E-state index in [1.165, 1.54) is 19.4 Å². The summed E-state index contributed by atoms with van der Waals surface area (Å²) >= 11 is 0. The Labute approximate surface area is 95.2 Å². The van der Waals surface area contributed by atoms with E-state index in [1.54, 1.807) is 7.11 Å². The van der Waals surface area contributed by atoms with Crippen LogP contribution in [0.4, 0.5) is 0 Å². The van der Waals surface area contributed by atoms with Gasteiger partial charge < -0.3 is 15.0 Å². The minimum absolute atomic E-state index is 0.0106. The minimum atomic E-state index is 0.0106. The third-order valence-corrected chi connectivity index (χ3v) is 2.67. The molecule has 0 heterocycles. The van der Waals surface area contributed by atoms with Crippen molar-refractivity contribution in [2.24, 2.45) is 0 Å². The molecule has 0 aromatic rings. The van der Waals surface area contributed by atoms with E-state index in [-0.39, 0.29) is 5.60 Å². The second kappa shape index (κ2) is 8.08. The Morgan fingerprint density at radius 2 is 1.80 bits per heavy atom. The SMILES string of the molecule is COC(C)(C)CCNCCCCN(C)C. The molecule has 3 heteroatoms. The van der Waals surface area contributed by atoms with Crippen molar-refractivity contribution in [1.29, 1.82) is 0 Å². The monoisotopic (exact) mass is 216 g/mol. The molecule has 0 saturated heterocycles. The highest BCUT2D eigenvalue weighted by molar-refractivity contribution is 4.68. The highest BCUT2D eigenvalue weighted by atomic mass is 16.5. The zero-order valence-electron chi connectivity index (χ0n) is 11.1. The lowest BCUT2D eigenvalue weighted by Gasteiger charge is -2.22. The smallest absolute Gasteiger partial charge is 0.0634 e. The van der Waals surface area contributed by atoms with Crippen molar-refractivity contribution in [3.63, 3.8) is 0 Å². The standard InChI is InChI=1S/C12H28N2O/c1-12(2,15-5)8-10-13-9-6-7-11-14(3)4/h13H,6-11H2,1-5H3. The fourth-order valence-corrected chi connectivity index (χ4v) is 1.29. The number of nitrogens with one attached hydrogen (secondary N) is 1. The molecule has 0 aliphatic carbocycles. The second-order valence-corrected chi connectivity index (χ2v) is 4.97. The molecule has 0 fully saturated rings. The van der Waals surface area contributed by atoms with E-state index in [2.05, 4.69) is 38.2 Å². The molecule has 0 unspecified atom stereocenters. The number of rotatable bonds is 9. The molecule has 0 bridgehead atoms. The molecule has 0 radical (unpaired) electrons. The molecule has 0 rings (SSSR count). The first-order chi connectivity index (χ1) is 6.98. The third-order valence-electron chi connectivity index (χ3n) is 2.67. The molecule has 0 spiro atoms. The third kappa shape index (κ3) is 10.2. The van der Waals surface area contributed by atoms with Crippen molar-refractivity contribution in [2.45, 2.75) is 38.7 Å². The molecule has 1 N–H and O–H groups in total. The van der Waals surface area contributed by atoms with Crippen LogP contribution in [0.1, 0.15) is 33.1 Å². The van der Waals surface area contributed by atoms with Crippen LogP contribution < -0.4 is 5.32 Å². The van der Waals surface area contributed by atoms with Crippen LogP contribution in [-0.4, -0.2) is 51.3 Å². The van der Waals surface area contributed by atoms with Crippen LogP contribution in [0.25, 0.3) is 0 Å². The van der Waals surface area contributed by atoms with Crippen LogP contribution in [-0.2, 0) is 4.74 Å². The first-order valence-corrected chi connectivity index (χ1v) is 5.88. The van der Waals surface area contributed by atoms with Crippen molar-refractivity contribution >= 4 is 0 Å². The van der Waals surface area contributed by atoms with Gasteiger partial charge in [-0.05, 0) is 66.8 Å². The van der Waals surface area contributed by atoms with Gasteiger partial charge in [0.2, 0.25) is 0 Å². The van der Waals surface area contributed by atoms with Gasteiger partial charge in [-0.1, -0.05) is 0 Å². The summed E-state index contributed by atoms with van der Waals surface area (Å²) in [6.45, 7) is 7.60. The van der Waals surface area contributed by atoms with Crippen LogP contribution in [0.15, 0.2) is 0 Å². The van der Waals surface area contributed by atoms with Gasteiger partial charge in [0, 0.05) is 7.11 Å². The van der Waals surface area contributed by atoms with Gasteiger partial charge >= 0.3 is 0 Å². The van der Waals surface area contributed by atoms with E-state index in [1.807, 2.05) is 0 Å². The summed E-state index contributed by atoms with van der Waals surface area (Å²) < 4.78 is 5.35. The van der Waals surface area contributed by atoms with Gasteiger partial charge in [0.1, 0.15) is 0 Å². The first kappa shape index (κ1) is 14.9. The average Bonchev–Trinajstić information content (AvgIpc) is 2.16. The van der Waals surface area contributed by atoms with Crippen LogP contribution in [0, 0.1) is 0 Å². The molecule has 15 heavy (non-hydrogen) atoms. The summed E-state index contributed by atoms with van der Waals surface area (Å²) in [5.41, 5.74) is 0.0106. The molecule has 0 saturated carbocycles. The molecular weight excluding hydrogens is 188 g/mol. The summed E-state index contributed by atoms with van der Waals surface area (Å²) in [6, 6.07) is 0. The lowest BCUT2D eigenvalue weighted by molar-refractivity contribution is 0.0159. The molecule has 0 aliphatic rings. The van der Waals surface area contributed by atoms with E-state index in [0.717, 1.165) is 19.5 Å². The predicted octanol–water partition coefficient (Wildman–Crippen LogP) is 1.73. The molecular formula is C12H28N2O. The van der Waals surface area contributed by atoms with Gasteiger partial charge in [0.05, 0.1) is 5.60 Å². The van der Waals surface area contributed by atoms with Gasteiger partial charge in [-0.2, -0.15) is 0 Å². The number of hydrogen-bond acceptors (Lipinski definition) is 3. The lowest BCUT2D eigenvalue weighted by Crippen LogP contribution is -2.29. The average molecular weight is 216 g/mol. The Balaban J connectivity index is 3.18. The lowest BCUT2D eigenvalue weighted by atomic mass is 10.1. The molecule has 0 atom stereocenters. The van der Waals surface area contributed by atoms with Gasteiger partial charge in [-0.25, -0.2) is 0 Å². The number of hydrogen-bond donors (Lipinski definition) is 1. The van der Waals surface area contributed by atoms with Crippen molar-refractivity contribution in [2.75, 3.05) is 40.8 Å². The molecule has 92 valence electrons. The van der Waals surface area contributed by atoms with Gasteiger partial charge in [-0.15, -0.1) is 0 Å². The quantitative estimate of drug-likeness (QED) is 0.594. The van der Waals surface area contributed by atoms with Crippen LogP contribution >= 0.6 is 0 Å². The number of unbranched alkanes of at least 4 members (excludes halogenated alkanes) is 1. The maximum Gasteiger partial charge on any atom is 0.0634 e. The predicted molar refractivity (Wildman–Crippen MR) is 66.4 cm³/mol. The number of nitrogens with zero attached hydrogens (tertiary/aromatic N) is 1. The van der Waals surface area contributed by atoms with Gasteiger partial charge in [0.15, 0.2) is 0 Å². The highest BCUT2D eigenvalue weighted by Crippen LogP contribution is 2.11. The Kier molecular flexibility index (Phi) is 8.02. The van der Waals surface area contributed by atoms with E-state index >= 15 is 0 Å². The topological polar surface area (TPSA) is 24.5 Å². The molecule has 3 nitrogen and oxygen atoms in total. The fourth-order valence-electron chi connectivity index (χ4n) is 1.29. The van der Waals surface area contributed by atoms with Gasteiger partial charge in [0.25, 0.3) is 0 Å². The summed E-state index contributed by atoms with van der Waals surface area (Å²) in [4.78, 5) is 2.23.